The number of thiophene rings is 1. The third kappa shape index (κ3) is 3.08. The number of rotatable bonds is 6. The molecular formula is C18H18N2OS. The highest BCUT2D eigenvalue weighted by Gasteiger charge is 2.13. The van der Waals surface area contributed by atoms with Crippen molar-refractivity contribution in [3.63, 3.8) is 0 Å². The van der Waals surface area contributed by atoms with Crippen molar-refractivity contribution >= 4 is 28.0 Å². The van der Waals surface area contributed by atoms with Crippen molar-refractivity contribution in [2.45, 2.75) is 12.8 Å². The highest BCUT2D eigenvalue weighted by molar-refractivity contribution is 7.13. The summed E-state index contributed by atoms with van der Waals surface area (Å²) in [6.07, 6.45) is 1.40. The fourth-order valence-corrected chi connectivity index (χ4v) is 3.20. The zero-order valence-corrected chi connectivity index (χ0v) is 13.3. The standard InChI is InChI=1S/C18H18N2OS/c1-19-10-4-8-17(21)14-12-16(18-9-5-11-22-18)20-15-7-3-2-6-13(14)15/h2-3,5-7,9,11-12,19H,4,8,10H2,1H3. The molecule has 1 N–H and O–H groups in total. The normalized spacial score (nSPS) is 11.0. The van der Waals surface area contributed by atoms with Gasteiger partial charge < -0.3 is 5.32 Å². The number of Topliss-reactive ketones (excluding diaryl/α,β-unsaturated/α-hetero) is 1. The molecule has 3 rings (SSSR count). The van der Waals surface area contributed by atoms with E-state index in [9.17, 15) is 4.79 Å². The first-order chi connectivity index (χ1) is 10.8. The molecule has 0 atom stereocenters. The third-order valence-electron chi connectivity index (χ3n) is 3.62. The summed E-state index contributed by atoms with van der Waals surface area (Å²) in [5.41, 5.74) is 2.54. The molecule has 112 valence electrons. The Bertz CT molecular complexity index is 781. The number of hydrogen-bond acceptors (Lipinski definition) is 4. The lowest BCUT2D eigenvalue weighted by atomic mass is 10.0. The van der Waals surface area contributed by atoms with Crippen LogP contribution in [0.15, 0.2) is 47.8 Å². The Morgan fingerprint density at radius 2 is 2.09 bits per heavy atom. The second-order valence-corrected chi connectivity index (χ2v) is 6.13. The number of fused-ring (bicyclic) bond motifs is 1. The largest absolute Gasteiger partial charge is 0.320 e. The first-order valence-corrected chi connectivity index (χ1v) is 8.29. The fraction of sp³-hybridized carbons (Fsp3) is 0.222. The number of nitrogens with one attached hydrogen (secondary N) is 1. The summed E-state index contributed by atoms with van der Waals surface area (Å²) in [4.78, 5) is 18.4. The SMILES string of the molecule is CNCCCC(=O)c1cc(-c2cccs2)nc2ccccc12. The molecule has 2 heterocycles. The molecule has 4 heteroatoms. The van der Waals surface area contributed by atoms with Crippen LogP contribution in [0.2, 0.25) is 0 Å². The average Bonchev–Trinajstić information content (AvgIpc) is 3.08. The predicted octanol–water partition coefficient (Wildman–Crippen LogP) is 4.15. The van der Waals surface area contributed by atoms with Gasteiger partial charge in [0.25, 0.3) is 0 Å². The van der Waals surface area contributed by atoms with E-state index in [1.165, 1.54) is 0 Å². The van der Waals surface area contributed by atoms with Crippen LogP contribution in [-0.2, 0) is 0 Å². The lowest BCUT2D eigenvalue weighted by molar-refractivity contribution is 0.0982. The summed E-state index contributed by atoms with van der Waals surface area (Å²) in [5, 5.41) is 6.05. The molecule has 0 saturated heterocycles. The number of nitrogens with zero attached hydrogens (tertiary/aromatic N) is 1. The molecule has 0 bridgehead atoms. The molecular weight excluding hydrogens is 292 g/mol. The van der Waals surface area contributed by atoms with Gasteiger partial charge in [0.2, 0.25) is 0 Å². The summed E-state index contributed by atoms with van der Waals surface area (Å²) < 4.78 is 0. The van der Waals surface area contributed by atoms with Crippen LogP contribution >= 0.6 is 11.3 Å². The van der Waals surface area contributed by atoms with Crippen LogP contribution in [-0.4, -0.2) is 24.4 Å². The van der Waals surface area contributed by atoms with Gasteiger partial charge in [-0.25, -0.2) is 4.98 Å². The Morgan fingerprint density at radius 3 is 2.86 bits per heavy atom. The number of carbonyl (C=O) groups is 1. The lowest BCUT2D eigenvalue weighted by Crippen LogP contribution is -2.10. The van der Waals surface area contributed by atoms with Gasteiger partial charge >= 0.3 is 0 Å². The topological polar surface area (TPSA) is 42.0 Å². The maximum Gasteiger partial charge on any atom is 0.163 e. The van der Waals surface area contributed by atoms with Crippen molar-refractivity contribution in [3.05, 3.63) is 53.4 Å². The maximum atomic E-state index is 12.6. The van der Waals surface area contributed by atoms with Gasteiger partial charge in [-0.15, -0.1) is 11.3 Å². The molecule has 1 aromatic carbocycles. The van der Waals surface area contributed by atoms with Crippen LogP contribution in [0.5, 0.6) is 0 Å². The van der Waals surface area contributed by atoms with Crippen molar-refractivity contribution in [1.29, 1.82) is 0 Å². The second-order valence-electron chi connectivity index (χ2n) is 5.18. The van der Waals surface area contributed by atoms with E-state index in [0.717, 1.165) is 40.0 Å². The van der Waals surface area contributed by atoms with Crippen molar-refractivity contribution < 1.29 is 4.79 Å². The van der Waals surface area contributed by atoms with Crippen LogP contribution < -0.4 is 5.32 Å². The van der Waals surface area contributed by atoms with E-state index in [1.807, 2.05) is 54.9 Å². The summed E-state index contributed by atoms with van der Waals surface area (Å²) in [7, 11) is 1.90. The van der Waals surface area contributed by atoms with Gasteiger partial charge in [0.1, 0.15) is 0 Å². The molecule has 0 aliphatic rings. The quantitative estimate of drug-likeness (QED) is 0.549. The Labute approximate surface area is 134 Å². The van der Waals surface area contributed by atoms with E-state index >= 15 is 0 Å². The summed E-state index contributed by atoms with van der Waals surface area (Å²) in [6.45, 7) is 0.854. The molecule has 0 unspecified atom stereocenters. The number of carbonyl (C=O) groups excluding carboxylic acids is 1. The van der Waals surface area contributed by atoms with Gasteiger partial charge in [-0.3, -0.25) is 4.79 Å². The molecule has 0 radical (unpaired) electrons. The molecule has 3 aromatic rings. The number of para-hydroxylation sites is 1. The van der Waals surface area contributed by atoms with Crippen LogP contribution in [0.25, 0.3) is 21.5 Å². The van der Waals surface area contributed by atoms with Crippen molar-refractivity contribution in [1.82, 2.24) is 10.3 Å². The van der Waals surface area contributed by atoms with Crippen molar-refractivity contribution in [2.75, 3.05) is 13.6 Å². The van der Waals surface area contributed by atoms with E-state index < -0.39 is 0 Å². The van der Waals surface area contributed by atoms with E-state index in [4.69, 9.17) is 4.98 Å². The molecule has 3 nitrogen and oxygen atoms in total. The van der Waals surface area contributed by atoms with Gasteiger partial charge in [-0.05, 0) is 43.6 Å². The first-order valence-electron chi connectivity index (χ1n) is 7.41. The van der Waals surface area contributed by atoms with Crippen LogP contribution in [0.1, 0.15) is 23.2 Å². The third-order valence-corrected chi connectivity index (χ3v) is 4.51. The highest BCUT2D eigenvalue weighted by Crippen LogP contribution is 2.28. The maximum absolute atomic E-state index is 12.6. The summed E-state index contributed by atoms with van der Waals surface area (Å²) in [6, 6.07) is 13.9. The van der Waals surface area contributed by atoms with E-state index in [2.05, 4.69) is 5.32 Å². The smallest absolute Gasteiger partial charge is 0.163 e. The summed E-state index contributed by atoms with van der Waals surface area (Å²) in [5.74, 6) is 0.187. The zero-order chi connectivity index (χ0) is 15.4. The fourth-order valence-electron chi connectivity index (χ4n) is 2.52. The molecule has 0 amide bonds. The van der Waals surface area contributed by atoms with Crippen molar-refractivity contribution in [3.8, 4) is 10.6 Å². The van der Waals surface area contributed by atoms with Gasteiger partial charge in [0.15, 0.2) is 5.78 Å². The molecule has 0 spiro atoms. The molecule has 22 heavy (non-hydrogen) atoms. The Hall–Kier alpha value is -2.04. The number of pyridine rings is 1. The summed E-state index contributed by atoms with van der Waals surface area (Å²) >= 11 is 1.64. The number of hydrogen-bond donors (Lipinski definition) is 1. The number of ketones is 1. The second kappa shape index (κ2) is 6.81. The number of benzene rings is 1. The van der Waals surface area contributed by atoms with Crippen LogP contribution in [0.3, 0.4) is 0 Å². The minimum absolute atomic E-state index is 0.187. The van der Waals surface area contributed by atoms with E-state index in [0.29, 0.717) is 6.42 Å². The zero-order valence-electron chi connectivity index (χ0n) is 12.5. The number of aromatic nitrogens is 1. The minimum atomic E-state index is 0.187. The average molecular weight is 310 g/mol. The monoisotopic (exact) mass is 310 g/mol. The highest BCUT2D eigenvalue weighted by atomic mass is 32.1. The Morgan fingerprint density at radius 1 is 1.23 bits per heavy atom. The predicted molar refractivity (Wildman–Crippen MR) is 92.5 cm³/mol. The molecule has 0 fully saturated rings. The van der Waals surface area contributed by atoms with E-state index in [1.54, 1.807) is 11.3 Å². The Balaban J connectivity index is 2.05. The minimum Gasteiger partial charge on any atom is -0.320 e. The molecule has 0 aliphatic heterocycles. The van der Waals surface area contributed by atoms with Crippen LogP contribution in [0.4, 0.5) is 0 Å². The van der Waals surface area contributed by atoms with Gasteiger partial charge in [0, 0.05) is 17.4 Å². The van der Waals surface area contributed by atoms with Crippen LogP contribution in [0, 0.1) is 0 Å². The van der Waals surface area contributed by atoms with Gasteiger partial charge in [-0.1, -0.05) is 24.3 Å². The molecule has 0 aliphatic carbocycles. The molecule has 2 aromatic heterocycles. The molecule has 0 saturated carbocycles. The Kier molecular flexibility index (Phi) is 4.61. The van der Waals surface area contributed by atoms with E-state index in [-0.39, 0.29) is 5.78 Å². The van der Waals surface area contributed by atoms with Crippen molar-refractivity contribution in [2.24, 2.45) is 0 Å². The lowest BCUT2D eigenvalue weighted by Gasteiger charge is -2.08. The van der Waals surface area contributed by atoms with Gasteiger partial charge in [0.05, 0.1) is 16.1 Å². The van der Waals surface area contributed by atoms with Gasteiger partial charge in [-0.2, -0.15) is 0 Å². The first kappa shape index (κ1) is 14.9.